The summed E-state index contributed by atoms with van der Waals surface area (Å²) in [5.41, 5.74) is 0.948. The monoisotopic (exact) mass is 481 g/mol. The van der Waals surface area contributed by atoms with Crippen molar-refractivity contribution < 1.29 is 9.84 Å². The van der Waals surface area contributed by atoms with Crippen LogP contribution < -0.4 is 9.70 Å². The molecule has 3 rings (SSSR count). The fourth-order valence-corrected chi connectivity index (χ4v) is 5.05. The predicted octanol–water partition coefficient (Wildman–Crippen LogP) is 3.43. The van der Waals surface area contributed by atoms with Crippen LogP contribution in [0.2, 0.25) is 0 Å². The molecule has 2 aliphatic rings. The van der Waals surface area contributed by atoms with E-state index in [4.69, 9.17) is 20.4 Å². The average Bonchev–Trinajstić information content (AvgIpc) is 3.24. The summed E-state index contributed by atoms with van der Waals surface area (Å²) in [5.74, 6) is 0.765. The molecule has 0 aliphatic heterocycles. The van der Waals surface area contributed by atoms with Crippen LogP contribution in [0.1, 0.15) is 46.0 Å². The Hall–Kier alpha value is -3.21. The number of nitriles is 2. The van der Waals surface area contributed by atoms with Crippen molar-refractivity contribution in [1.29, 1.82) is 10.5 Å². The van der Waals surface area contributed by atoms with Crippen LogP contribution in [-0.2, 0) is 11.3 Å². The van der Waals surface area contributed by atoms with E-state index in [0.29, 0.717) is 46.9 Å². The Morgan fingerprint density at radius 2 is 2.00 bits per heavy atom. The smallest absolute Gasteiger partial charge is 0.230 e. The van der Waals surface area contributed by atoms with E-state index in [-0.39, 0.29) is 12.2 Å². The Labute approximate surface area is 204 Å². The molecule has 0 saturated heterocycles. The molecule has 180 valence electrons. The normalized spacial score (nSPS) is 18.1. The van der Waals surface area contributed by atoms with Crippen molar-refractivity contribution in [2.45, 2.75) is 58.5 Å². The van der Waals surface area contributed by atoms with Crippen LogP contribution in [0.25, 0.3) is 0 Å². The predicted molar refractivity (Wildman–Crippen MR) is 132 cm³/mol. The summed E-state index contributed by atoms with van der Waals surface area (Å²) in [6.45, 7) is 5.58. The highest BCUT2D eigenvalue weighted by molar-refractivity contribution is 7.13. The number of nitrogens with zero attached hydrogens (tertiary/aromatic N) is 7. The van der Waals surface area contributed by atoms with Crippen LogP contribution in [0.5, 0.6) is 0 Å². The van der Waals surface area contributed by atoms with Crippen molar-refractivity contribution in [3.8, 4) is 12.1 Å². The Kier molecular flexibility index (Phi) is 9.20. The van der Waals surface area contributed by atoms with Gasteiger partial charge in [-0.3, -0.25) is 0 Å². The van der Waals surface area contributed by atoms with Crippen LogP contribution in [0.4, 0.5) is 5.13 Å². The van der Waals surface area contributed by atoms with E-state index in [0.717, 1.165) is 18.0 Å². The molecular formula is C24H31N7O2S. The molecule has 1 N–H and O–H groups in total. The lowest BCUT2D eigenvalue weighted by molar-refractivity contribution is 0.289. The first-order chi connectivity index (χ1) is 16.5. The van der Waals surface area contributed by atoms with E-state index < -0.39 is 0 Å². The molecule has 1 saturated carbocycles. The molecule has 1 aromatic heterocycles. The minimum atomic E-state index is -0.0195. The Morgan fingerprint density at radius 1 is 1.26 bits per heavy atom. The van der Waals surface area contributed by atoms with E-state index >= 15 is 0 Å². The van der Waals surface area contributed by atoms with Crippen LogP contribution in [-0.4, -0.2) is 46.9 Å². The lowest BCUT2D eigenvalue weighted by Gasteiger charge is -2.33. The molecule has 1 fully saturated rings. The first-order valence-electron chi connectivity index (χ1n) is 11.6. The molecular weight excluding hydrogens is 450 g/mol. The summed E-state index contributed by atoms with van der Waals surface area (Å²) in [6, 6.07) is 4.15. The molecule has 1 heterocycles. The third-order valence-electron chi connectivity index (χ3n) is 5.68. The molecule has 0 bridgehead atoms. The molecule has 0 radical (unpaired) electrons. The number of allylic oxidation sites excluding steroid dienone is 4. The number of hydrogen-bond acceptors (Lipinski definition) is 9. The van der Waals surface area contributed by atoms with E-state index in [1.807, 2.05) is 16.8 Å². The SMILES string of the molecule is COC1=C/C(=N\N=c2/sc(N(CCO)C3CCCCC3)nn2CC(C)C)C=CC1=C(C#N)C#N. The number of aromatic nitrogens is 2. The molecule has 2 aliphatic carbocycles. The molecule has 0 atom stereocenters. The number of aliphatic hydroxyl groups excluding tert-OH is 1. The van der Waals surface area contributed by atoms with Gasteiger partial charge in [-0.1, -0.05) is 44.4 Å². The summed E-state index contributed by atoms with van der Waals surface area (Å²) >= 11 is 1.47. The first-order valence-corrected chi connectivity index (χ1v) is 12.4. The van der Waals surface area contributed by atoms with Crippen molar-refractivity contribution in [2.24, 2.45) is 16.1 Å². The van der Waals surface area contributed by atoms with Crippen molar-refractivity contribution in [2.75, 3.05) is 25.2 Å². The van der Waals surface area contributed by atoms with Gasteiger partial charge in [0.15, 0.2) is 0 Å². The van der Waals surface area contributed by atoms with Gasteiger partial charge in [-0.15, -0.1) is 15.3 Å². The third kappa shape index (κ3) is 6.22. The molecule has 0 aromatic carbocycles. The molecule has 34 heavy (non-hydrogen) atoms. The van der Waals surface area contributed by atoms with E-state index in [1.54, 1.807) is 18.2 Å². The highest BCUT2D eigenvalue weighted by Crippen LogP contribution is 2.27. The van der Waals surface area contributed by atoms with Gasteiger partial charge in [0, 0.05) is 30.8 Å². The van der Waals surface area contributed by atoms with Gasteiger partial charge >= 0.3 is 0 Å². The van der Waals surface area contributed by atoms with Crippen LogP contribution >= 0.6 is 11.3 Å². The van der Waals surface area contributed by atoms with Crippen LogP contribution in [0, 0.1) is 28.6 Å². The minimum absolute atomic E-state index is 0.0195. The summed E-state index contributed by atoms with van der Waals surface area (Å²) < 4.78 is 7.24. The highest BCUT2D eigenvalue weighted by Gasteiger charge is 2.24. The zero-order valence-electron chi connectivity index (χ0n) is 19.9. The number of rotatable bonds is 8. The van der Waals surface area contributed by atoms with Gasteiger partial charge in [0.2, 0.25) is 9.93 Å². The number of aliphatic hydroxyl groups is 1. The maximum atomic E-state index is 9.68. The molecule has 0 amide bonds. The zero-order valence-corrected chi connectivity index (χ0v) is 20.8. The summed E-state index contributed by atoms with van der Waals surface area (Å²) in [7, 11) is 1.49. The van der Waals surface area contributed by atoms with Gasteiger partial charge < -0.3 is 14.7 Å². The molecule has 10 heteroatoms. The van der Waals surface area contributed by atoms with Crippen molar-refractivity contribution in [1.82, 2.24) is 9.78 Å². The molecule has 0 unspecified atom stereocenters. The zero-order chi connectivity index (χ0) is 24.5. The lowest BCUT2D eigenvalue weighted by atomic mass is 9.94. The second kappa shape index (κ2) is 12.3. The van der Waals surface area contributed by atoms with Gasteiger partial charge in [-0.05, 0) is 30.9 Å². The fourth-order valence-electron chi connectivity index (χ4n) is 4.08. The van der Waals surface area contributed by atoms with Crippen LogP contribution in [0.3, 0.4) is 0 Å². The standard InChI is InChI=1S/C24H31N7O2S/c1-17(2)16-31-23(34-24(29-31)30(11-12-32)20-7-5-4-6-8-20)28-27-19-9-10-21(18(14-25)15-26)22(13-19)33-3/h9-10,13,17,20,32H,4-8,11-12,16H2,1-3H3/b27-19-,28-23-. The van der Waals surface area contributed by atoms with E-state index in [2.05, 4.69) is 29.0 Å². The highest BCUT2D eigenvalue weighted by atomic mass is 32.1. The van der Waals surface area contributed by atoms with E-state index in [1.165, 1.54) is 37.7 Å². The Morgan fingerprint density at radius 3 is 2.62 bits per heavy atom. The van der Waals surface area contributed by atoms with Crippen molar-refractivity contribution in [3.63, 3.8) is 0 Å². The van der Waals surface area contributed by atoms with Gasteiger partial charge in [0.25, 0.3) is 0 Å². The number of anilines is 1. The van der Waals surface area contributed by atoms with Crippen LogP contribution in [0.15, 0.2) is 45.3 Å². The third-order valence-corrected chi connectivity index (χ3v) is 6.65. The number of methoxy groups -OCH3 is 1. The maximum Gasteiger partial charge on any atom is 0.230 e. The quantitative estimate of drug-likeness (QED) is 0.448. The van der Waals surface area contributed by atoms with Gasteiger partial charge in [-0.2, -0.15) is 10.5 Å². The van der Waals surface area contributed by atoms with Gasteiger partial charge in [-0.25, -0.2) is 4.68 Å². The second-order valence-electron chi connectivity index (χ2n) is 8.64. The molecule has 0 spiro atoms. The molecule has 1 aromatic rings. The topological polar surface area (TPSA) is 123 Å². The number of ether oxygens (including phenoxy) is 1. The average molecular weight is 482 g/mol. The van der Waals surface area contributed by atoms with Crippen molar-refractivity contribution in [3.05, 3.63) is 39.9 Å². The maximum absolute atomic E-state index is 9.68. The summed E-state index contributed by atoms with van der Waals surface area (Å²) in [5, 5.41) is 42.6. The van der Waals surface area contributed by atoms with Crippen molar-refractivity contribution >= 4 is 22.2 Å². The fraction of sp³-hybridized carbons (Fsp3) is 0.542. The van der Waals surface area contributed by atoms with Gasteiger partial charge in [0.05, 0.1) is 19.4 Å². The molecule has 9 nitrogen and oxygen atoms in total. The minimum Gasteiger partial charge on any atom is -0.496 e. The van der Waals surface area contributed by atoms with E-state index in [9.17, 15) is 5.11 Å². The Balaban J connectivity index is 1.98. The van der Waals surface area contributed by atoms with Gasteiger partial charge in [0.1, 0.15) is 23.5 Å². The summed E-state index contributed by atoms with van der Waals surface area (Å²) in [6.07, 6.45) is 10.9. The largest absolute Gasteiger partial charge is 0.496 e. The summed E-state index contributed by atoms with van der Waals surface area (Å²) in [4.78, 5) is 2.89. The number of hydrogen-bond donors (Lipinski definition) is 1. The lowest BCUT2D eigenvalue weighted by Crippen LogP contribution is -2.39. The Bertz CT molecular complexity index is 1120. The second-order valence-corrected chi connectivity index (χ2v) is 9.57. The first kappa shape index (κ1) is 25.4.